The van der Waals surface area contributed by atoms with E-state index in [0.717, 1.165) is 0 Å². The lowest BCUT2D eigenvalue weighted by molar-refractivity contribution is 0.0988. The van der Waals surface area contributed by atoms with E-state index in [-0.39, 0.29) is 23.0 Å². The molecule has 1 aromatic heterocycles. The Kier molecular flexibility index (Phi) is 4.87. The number of halogens is 2. The summed E-state index contributed by atoms with van der Waals surface area (Å²) in [4.78, 5) is 18.0. The highest BCUT2D eigenvalue weighted by Crippen LogP contribution is 2.24. The lowest BCUT2D eigenvalue weighted by Gasteiger charge is -2.22. The monoisotopic (exact) mass is 352 g/mol. The number of carbonyl (C=O) groups excluding carboxylic acids is 1. The third-order valence-corrected chi connectivity index (χ3v) is 3.36. The minimum atomic E-state index is -0.460. The number of carbonyl (C=O) groups is 1. The topological polar surface area (TPSA) is 71.2 Å². The zero-order valence-corrected chi connectivity index (χ0v) is 12.9. The first kappa shape index (κ1) is 15.4. The Labute approximate surface area is 130 Å². The van der Waals surface area contributed by atoms with Crippen LogP contribution in [0, 0.1) is 5.82 Å². The molecule has 0 bridgehead atoms. The van der Waals surface area contributed by atoms with Gasteiger partial charge in [0.15, 0.2) is 5.82 Å². The second-order valence-electron chi connectivity index (χ2n) is 4.19. The number of rotatable bonds is 4. The van der Waals surface area contributed by atoms with Gasteiger partial charge in [0.25, 0.3) is 5.91 Å². The van der Waals surface area contributed by atoms with Gasteiger partial charge >= 0.3 is 0 Å². The zero-order valence-electron chi connectivity index (χ0n) is 11.3. The number of hydrazine groups is 1. The Morgan fingerprint density at radius 2 is 2.19 bits per heavy atom. The quantitative estimate of drug-likeness (QED) is 0.655. The SMILES string of the molecule is CCN(C(=O)c1cc(Br)cnc1NN)c1ccccc1F. The molecule has 0 unspecified atom stereocenters. The van der Waals surface area contributed by atoms with Gasteiger partial charge in [0, 0.05) is 17.2 Å². The van der Waals surface area contributed by atoms with E-state index in [1.807, 2.05) is 0 Å². The lowest BCUT2D eigenvalue weighted by Crippen LogP contribution is -2.32. The summed E-state index contributed by atoms with van der Waals surface area (Å²) < 4.78 is 14.5. The van der Waals surface area contributed by atoms with E-state index < -0.39 is 5.82 Å². The van der Waals surface area contributed by atoms with Crippen molar-refractivity contribution in [3.63, 3.8) is 0 Å². The van der Waals surface area contributed by atoms with Crippen molar-refractivity contribution in [2.75, 3.05) is 16.9 Å². The molecule has 0 saturated carbocycles. The number of amides is 1. The van der Waals surface area contributed by atoms with Crippen molar-refractivity contribution in [1.29, 1.82) is 0 Å². The second-order valence-corrected chi connectivity index (χ2v) is 5.11. The highest BCUT2D eigenvalue weighted by molar-refractivity contribution is 9.10. The van der Waals surface area contributed by atoms with E-state index in [9.17, 15) is 9.18 Å². The van der Waals surface area contributed by atoms with Crippen molar-refractivity contribution in [2.45, 2.75) is 6.92 Å². The molecule has 0 fully saturated rings. The molecule has 110 valence electrons. The standard InChI is InChI=1S/C14H14BrFN4O/c1-2-20(12-6-4-3-5-11(12)16)14(21)10-7-9(15)8-18-13(10)19-17/h3-8H,2,17H2,1H3,(H,18,19). The van der Waals surface area contributed by atoms with Crippen LogP contribution in [0.5, 0.6) is 0 Å². The number of anilines is 2. The molecule has 0 spiro atoms. The summed E-state index contributed by atoms with van der Waals surface area (Å²) in [5, 5.41) is 0. The largest absolute Gasteiger partial charge is 0.308 e. The van der Waals surface area contributed by atoms with Crippen LogP contribution in [0.25, 0.3) is 0 Å². The summed E-state index contributed by atoms with van der Waals surface area (Å²) in [5.74, 6) is 4.77. The Balaban J connectivity index is 2.46. The molecule has 3 N–H and O–H groups in total. The average molecular weight is 353 g/mol. The first-order chi connectivity index (χ1) is 10.1. The van der Waals surface area contributed by atoms with Crippen LogP contribution in [0.3, 0.4) is 0 Å². The zero-order chi connectivity index (χ0) is 15.4. The van der Waals surface area contributed by atoms with Gasteiger partial charge in [-0.3, -0.25) is 4.79 Å². The maximum atomic E-state index is 13.9. The number of para-hydroxylation sites is 1. The van der Waals surface area contributed by atoms with Crippen molar-refractivity contribution < 1.29 is 9.18 Å². The van der Waals surface area contributed by atoms with Gasteiger partial charge in [-0.25, -0.2) is 15.2 Å². The lowest BCUT2D eigenvalue weighted by atomic mass is 10.2. The Hall–Kier alpha value is -1.99. The normalized spacial score (nSPS) is 10.3. The molecule has 0 aliphatic heterocycles. The summed E-state index contributed by atoms with van der Waals surface area (Å²) in [6.07, 6.45) is 1.52. The number of hydrogen-bond donors (Lipinski definition) is 2. The van der Waals surface area contributed by atoms with Gasteiger partial charge in [0.05, 0.1) is 11.3 Å². The molecule has 0 saturated heterocycles. The number of nitrogens with one attached hydrogen (secondary N) is 1. The number of aromatic nitrogens is 1. The van der Waals surface area contributed by atoms with Gasteiger partial charge in [0.2, 0.25) is 0 Å². The summed E-state index contributed by atoms with van der Waals surface area (Å²) >= 11 is 3.26. The molecular weight excluding hydrogens is 339 g/mol. The molecular formula is C14H14BrFN4O. The molecule has 1 amide bonds. The molecule has 21 heavy (non-hydrogen) atoms. The fourth-order valence-electron chi connectivity index (χ4n) is 1.96. The molecule has 1 aromatic carbocycles. The van der Waals surface area contributed by atoms with Gasteiger partial charge in [0.1, 0.15) is 5.82 Å². The summed E-state index contributed by atoms with van der Waals surface area (Å²) in [5.41, 5.74) is 2.85. The van der Waals surface area contributed by atoms with E-state index >= 15 is 0 Å². The average Bonchev–Trinajstić information content (AvgIpc) is 2.49. The van der Waals surface area contributed by atoms with E-state index in [4.69, 9.17) is 5.84 Å². The summed E-state index contributed by atoms with van der Waals surface area (Å²) in [6.45, 7) is 2.08. The molecule has 2 aromatic rings. The number of hydrogen-bond acceptors (Lipinski definition) is 4. The molecule has 0 radical (unpaired) electrons. The van der Waals surface area contributed by atoms with Crippen LogP contribution in [-0.2, 0) is 0 Å². The smallest absolute Gasteiger partial charge is 0.262 e. The van der Waals surface area contributed by atoms with Crippen LogP contribution in [0.15, 0.2) is 41.0 Å². The Bertz CT molecular complexity index is 665. The third kappa shape index (κ3) is 3.20. The van der Waals surface area contributed by atoms with E-state index in [1.54, 1.807) is 31.2 Å². The molecule has 5 nitrogen and oxygen atoms in total. The van der Waals surface area contributed by atoms with Crippen LogP contribution in [0.4, 0.5) is 15.9 Å². The number of nitrogens with zero attached hydrogens (tertiary/aromatic N) is 2. The van der Waals surface area contributed by atoms with Gasteiger partial charge in [-0.1, -0.05) is 12.1 Å². The van der Waals surface area contributed by atoms with E-state index in [2.05, 4.69) is 26.3 Å². The summed E-state index contributed by atoms with van der Waals surface area (Å²) in [7, 11) is 0. The fraction of sp³-hybridized carbons (Fsp3) is 0.143. The van der Waals surface area contributed by atoms with E-state index in [0.29, 0.717) is 11.0 Å². The number of nitrogens with two attached hydrogens (primary N) is 1. The number of nitrogen functional groups attached to an aromatic ring is 1. The van der Waals surface area contributed by atoms with Crippen molar-refractivity contribution in [3.05, 3.63) is 52.4 Å². The van der Waals surface area contributed by atoms with Crippen molar-refractivity contribution >= 4 is 33.3 Å². The predicted octanol–water partition coefficient (Wildman–Crippen LogP) is 2.94. The molecule has 1 heterocycles. The van der Waals surface area contributed by atoms with Gasteiger partial charge in [-0.05, 0) is 41.1 Å². The molecule has 0 aliphatic carbocycles. The third-order valence-electron chi connectivity index (χ3n) is 2.93. The van der Waals surface area contributed by atoms with Crippen molar-refractivity contribution in [1.82, 2.24) is 4.98 Å². The van der Waals surface area contributed by atoms with Crippen LogP contribution in [-0.4, -0.2) is 17.4 Å². The minimum absolute atomic E-state index is 0.216. The molecule has 2 rings (SSSR count). The molecule has 0 atom stereocenters. The molecule has 0 aliphatic rings. The van der Waals surface area contributed by atoms with Crippen LogP contribution in [0.1, 0.15) is 17.3 Å². The van der Waals surface area contributed by atoms with Gasteiger partial charge < -0.3 is 10.3 Å². The van der Waals surface area contributed by atoms with Crippen LogP contribution >= 0.6 is 15.9 Å². The van der Waals surface area contributed by atoms with Crippen molar-refractivity contribution in [2.24, 2.45) is 5.84 Å². The Morgan fingerprint density at radius 1 is 1.48 bits per heavy atom. The second kappa shape index (κ2) is 6.64. The van der Waals surface area contributed by atoms with Gasteiger partial charge in [-0.15, -0.1) is 0 Å². The maximum absolute atomic E-state index is 13.9. The van der Waals surface area contributed by atoms with E-state index in [1.165, 1.54) is 17.2 Å². The predicted molar refractivity (Wildman–Crippen MR) is 83.5 cm³/mol. The minimum Gasteiger partial charge on any atom is -0.308 e. The number of benzene rings is 1. The highest BCUT2D eigenvalue weighted by atomic mass is 79.9. The Morgan fingerprint density at radius 3 is 2.81 bits per heavy atom. The molecule has 7 heteroatoms. The van der Waals surface area contributed by atoms with Crippen LogP contribution in [0.2, 0.25) is 0 Å². The first-order valence-electron chi connectivity index (χ1n) is 6.27. The number of pyridine rings is 1. The van der Waals surface area contributed by atoms with Gasteiger partial charge in [-0.2, -0.15) is 0 Å². The van der Waals surface area contributed by atoms with Crippen molar-refractivity contribution in [3.8, 4) is 0 Å². The maximum Gasteiger partial charge on any atom is 0.262 e. The van der Waals surface area contributed by atoms with Crippen LogP contribution < -0.4 is 16.2 Å². The summed E-state index contributed by atoms with van der Waals surface area (Å²) in [6, 6.07) is 7.71. The first-order valence-corrected chi connectivity index (χ1v) is 7.06. The highest BCUT2D eigenvalue weighted by Gasteiger charge is 2.22. The fourth-order valence-corrected chi connectivity index (χ4v) is 2.29.